The van der Waals surface area contributed by atoms with Gasteiger partial charge in [-0.2, -0.15) is 0 Å². The molecule has 0 aromatic carbocycles. The van der Waals surface area contributed by atoms with Gasteiger partial charge in [-0.3, -0.25) is 4.79 Å². The first-order valence-electron chi connectivity index (χ1n) is 13.1. The molecule has 7 nitrogen and oxygen atoms in total. The van der Waals surface area contributed by atoms with Crippen LogP contribution in [0.3, 0.4) is 0 Å². The largest absolute Gasteiger partial charge is 0.481 e. The van der Waals surface area contributed by atoms with Gasteiger partial charge in [0.1, 0.15) is 6.10 Å². The zero-order valence-electron chi connectivity index (χ0n) is 20.3. The van der Waals surface area contributed by atoms with Crippen molar-refractivity contribution >= 4 is 5.97 Å². The Bertz CT molecular complexity index is 762. The number of aliphatic carboxylic acids is 1. The molecule has 33 heavy (non-hydrogen) atoms. The van der Waals surface area contributed by atoms with Gasteiger partial charge in [-0.05, 0) is 87.9 Å². The highest BCUT2D eigenvalue weighted by molar-refractivity contribution is 5.72. The normalized spacial score (nSPS) is 56.5. The Morgan fingerprint density at radius 2 is 1.73 bits per heavy atom. The van der Waals surface area contributed by atoms with Crippen LogP contribution < -0.4 is 0 Å². The van der Waals surface area contributed by atoms with E-state index in [1.165, 1.54) is 0 Å². The summed E-state index contributed by atoms with van der Waals surface area (Å²) in [4.78, 5) is 11.9. The number of carboxylic acid groups (broad SMARTS) is 1. The van der Waals surface area contributed by atoms with E-state index < -0.39 is 47.5 Å². The summed E-state index contributed by atoms with van der Waals surface area (Å²) in [6, 6.07) is 0. The van der Waals surface area contributed by atoms with Crippen LogP contribution in [-0.2, 0) is 14.3 Å². The Morgan fingerprint density at radius 3 is 2.42 bits per heavy atom. The minimum atomic E-state index is -0.872. The van der Waals surface area contributed by atoms with E-state index in [0.29, 0.717) is 31.1 Å². The molecule has 0 bridgehead atoms. The van der Waals surface area contributed by atoms with Gasteiger partial charge in [0, 0.05) is 11.8 Å². The number of hydrogen-bond donors (Lipinski definition) is 4. The van der Waals surface area contributed by atoms with Crippen LogP contribution in [0.2, 0.25) is 0 Å². The van der Waals surface area contributed by atoms with Gasteiger partial charge in [-0.15, -0.1) is 0 Å². The Balaban J connectivity index is 1.28. The van der Waals surface area contributed by atoms with Crippen LogP contribution in [0.25, 0.3) is 0 Å². The lowest BCUT2D eigenvalue weighted by atomic mass is 9.43. The van der Waals surface area contributed by atoms with Crippen LogP contribution in [0, 0.1) is 34.5 Å². The first kappa shape index (κ1) is 24.0. The lowest BCUT2D eigenvalue weighted by Gasteiger charge is -2.63. The minimum Gasteiger partial charge on any atom is -0.481 e. The summed E-state index contributed by atoms with van der Waals surface area (Å²) >= 11 is 0. The number of carboxylic acids is 1. The lowest BCUT2D eigenvalue weighted by molar-refractivity contribution is -0.271. The molecule has 12 atom stereocenters. The van der Waals surface area contributed by atoms with Gasteiger partial charge >= 0.3 is 5.97 Å². The average molecular weight is 467 g/mol. The molecule has 0 amide bonds. The van der Waals surface area contributed by atoms with Gasteiger partial charge in [0.2, 0.25) is 0 Å². The maximum absolute atomic E-state index is 12.0. The van der Waals surface area contributed by atoms with E-state index in [2.05, 4.69) is 6.92 Å². The van der Waals surface area contributed by atoms with Crippen molar-refractivity contribution in [3.63, 3.8) is 0 Å². The summed E-state index contributed by atoms with van der Waals surface area (Å²) in [6.45, 7) is 6.20. The first-order chi connectivity index (χ1) is 15.5. The molecule has 5 fully saturated rings. The van der Waals surface area contributed by atoms with Crippen molar-refractivity contribution in [1.82, 2.24) is 0 Å². The number of aliphatic hydroxyl groups excluding tert-OH is 2. The summed E-state index contributed by atoms with van der Waals surface area (Å²) < 4.78 is 12.1. The standard InChI is InChI=1S/C26H42O7/c1-14-22(28)20(27)13-21(32-14)33-16-6-9-24(2)15(12-16)4-5-18-17(24)7-10-25(3)19(23(29)30)8-11-26(18,25)31/h14-22,27-28,31H,4-13H2,1-3H3,(H,29,30)/t14?,15-,16+,17?,18?,19-,20-,21+,22-,24+,25-,26+/m1/s1. The number of hydrogen-bond acceptors (Lipinski definition) is 6. The molecule has 0 aromatic rings. The van der Waals surface area contributed by atoms with E-state index in [4.69, 9.17) is 9.47 Å². The fourth-order valence-electron chi connectivity index (χ4n) is 9.03. The van der Waals surface area contributed by atoms with E-state index in [9.17, 15) is 25.2 Å². The second kappa shape index (κ2) is 8.16. The van der Waals surface area contributed by atoms with Crippen molar-refractivity contribution < 1.29 is 34.7 Å². The van der Waals surface area contributed by atoms with Crippen LogP contribution in [0.1, 0.15) is 85.0 Å². The van der Waals surface area contributed by atoms with Gasteiger partial charge in [0.15, 0.2) is 6.29 Å². The van der Waals surface area contributed by atoms with Gasteiger partial charge in [0.05, 0.1) is 29.8 Å². The molecule has 5 aliphatic rings. The fourth-order valence-corrected chi connectivity index (χ4v) is 9.03. The minimum absolute atomic E-state index is 0.0825. The third kappa shape index (κ3) is 3.52. The molecule has 4 aliphatic carbocycles. The van der Waals surface area contributed by atoms with Crippen molar-refractivity contribution in [2.75, 3.05) is 0 Å². The Hall–Kier alpha value is -0.730. The predicted molar refractivity (Wildman–Crippen MR) is 120 cm³/mol. The quantitative estimate of drug-likeness (QED) is 0.472. The van der Waals surface area contributed by atoms with Crippen LogP contribution in [0.4, 0.5) is 0 Å². The molecule has 5 rings (SSSR count). The summed E-state index contributed by atoms with van der Waals surface area (Å²) in [5.74, 6) is -0.0749. The third-order valence-corrected chi connectivity index (χ3v) is 11.1. The third-order valence-electron chi connectivity index (χ3n) is 11.1. The monoisotopic (exact) mass is 466 g/mol. The first-order valence-corrected chi connectivity index (χ1v) is 13.1. The van der Waals surface area contributed by atoms with E-state index in [1.807, 2.05) is 6.92 Å². The molecule has 1 heterocycles. The van der Waals surface area contributed by atoms with Crippen LogP contribution in [0.5, 0.6) is 0 Å². The van der Waals surface area contributed by atoms with Crippen LogP contribution >= 0.6 is 0 Å². The van der Waals surface area contributed by atoms with E-state index in [-0.39, 0.29) is 17.4 Å². The van der Waals surface area contributed by atoms with Crippen molar-refractivity contribution in [1.29, 1.82) is 0 Å². The van der Waals surface area contributed by atoms with Crippen molar-refractivity contribution in [3.8, 4) is 0 Å². The second-order valence-electron chi connectivity index (χ2n) is 12.4. The zero-order valence-corrected chi connectivity index (χ0v) is 20.3. The molecule has 0 radical (unpaired) electrons. The van der Waals surface area contributed by atoms with E-state index >= 15 is 0 Å². The number of aliphatic hydroxyl groups is 3. The zero-order chi connectivity index (χ0) is 23.8. The highest BCUT2D eigenvalue weighted by Crippen LogP contribution is 2.69. The molecule has 4 saturated carbocycles. The Kier molecular flexibility index (Phi) is 5.93. The predicted octanol–water partition coefficient (Wildman–Crippen LogP) is 3.09. The van der Waals surface area contributed by atoms with Crippen molar-refractivity contribution in [3.05, 3.63) is 0 Å². The summed E-state index contributed by atoms with van der Waals surface area (Å²) in [7, 11) is 0. The lowest BCUT2D eigenvalue weighted by Crippen LogP contribution is -2.62. The number of ether oxygens (including phenoxy) is 2. The topological polar surface area (TPSA) is 116 Å². The summed E-state index contributed by atoms with van der Waals surface area (Å²) in [6.07, 6.45) is 5.67. The molecular weight excluding hydrogens is 424 g/mol. The Labute approximate surface area is 196 Å². The summed E-state index contributed by atoms with van der Waals surface area (Å²) in [5, 5.41) is 41.8. The molecule has 1 saturated heterocycles. The van der Waals surface area contributed by atoms with Gasteiger partial charge in [0.25, 0.3) is 0 Å². The highest BCUT2D eigenvalue weighted by Gasteiger charge is 2.68. The molecule has 0 spiro atoms. The van der Waals surface area contributed by atoms with E-state index in [0.717, 1.165) is 44.9 Å². The van der Waals surface area contributed by atoms with Gasteiger partial charge in [-0.1, -0.05) is 13.8 Å². The van der Waals surface area contributed by atoms with Crippen LogP contribution in [0.15, 0.2) is 0 Å². The fraction of sp³-hybridized carbons (Fsp3) is 0.962. The Morgan fingerprint density at radius 1 is 0.970 bits per heavy atom. The summed E-state index contributed by atoms with van der Waals surface area (Å²) in [5.41, 5.74) is -1.26. The molecule has 0 aromatic heterocycles. The van der Waals surface area contributed by atoms with Crippen molar-refractivity contribution in [2.24, 2.45) is 34.5 Å². The molecule has 4 N–H and O–H groups in total. The molecule has 1 aliphatic heterocycles. The SMILES string of the molecule is CC1O[C@@H](O[C@H]2CC[C@]3(C)C4CC[C@]5(C)[C@@H](C(=O)O)CC[C@]5(O)C4CC[C@@H]3C2)C[C@@H](O)[C@@H]1O. The van der Waals surface area contributed by atoms with Gasteiger partial charge in [-0.25, -0.2) is 0 Å². The molecule has 188 valence electrons. The number of rotatable bonds is 3. The number of carbonyl (C=O) groups is 1. The smallest absolute Gasteiger partial charge is 0.307 e. The average Bonchev–Trinajstić information content (AvgIpc) is 3.04. The maximum Gasteiger partial charge on any atom is 0.307 e. The second-order valence-corrected chi connectivity index (χ2v) is 12.4. The molecular formula is C26H42O7. The van der Waals surface area contributed by atoms with Gasteiger partial charge < -0.3 is 29.9 Å². The molecule has 7 heteroatoms. The maximum atomic E-state index is 12.0. The highest BCUT2D eigenvalue weighted by atomic mass is 16.7. The molecule has 3 unspecified atom stereocenters. The number of fused-ring (bicyclic) bond motifs is 5. The van der Waals surface area contributed by atoms with Crippen LogP contribution in [-0.4, -0.2) is 62.7 Å². The van der Waals surface area contributed by atoms with E-state index in [1.54, 1.807) is 6.92 Å². The van der Waals surface area contributed by atoms with Crippen molar-refractivity contribution in [2.45, 2.75) is 121 Å².